The van der Waals surface area contributed by atoms with Crippen LogP contribution in [0.4, 0.5) is 0 Å². The molecule has 1 aromatic carbocycles. The number of benzene rings is 1. The topological polar surface area (TPSA) is 25.5 Å². The predicted molar refractivity (Wildman–Crippen MR) is 69.0 cm³/mol. The normalized spacial score (nSPS) is 24.8. The Balaban J connectivity index is 1.86. The van der Waals surface area contributed by atoms with Gasteiger partial charge in [-0.15, -0.1) is 0 Å². The van der Waals surface area contributed by atoms with Gasteiger partial charge in [0.2, 0.25) is 0 Å². The van der Waals surface area contributed by atoms with Crippen LogP contribution in [0.5, 0.6) is 0 Å². The van der Waals surface area contributed by atoms with Crippen LogP contribution in [0.2, 0.25) is 0 Å². The van der Waals surface area contributed by atoms with Gasteiger partial charge in [-0.05, 0) is 0 Å². The molecular weight excluding hydrogens is 210 g/mol. The summed E-state index contributed by atoms with van der Waals surface area (Å²) in [5.74, 6) is 0. The summed E-state index contributed by atoms with van der Waals surface area (Å²) in [5.41, 5.74) is 2.91. The summed E-state index contributed by atoms with van der Waals surface area (Å²) in [5, 5.41) is 2.21. The van der Waals surface area contributed by atoms with Gasteiger partial charge in [-0.2, -0.15) is 0 Å². The van der Waals surface area contributed by atoms with Crippen LogP contribution < -0.4 is 15.1 Å². The smallest absolute Gasteiger partial charge is 0.127 e. The molecule has 1 fully saturated rings. The van der Waals surface area contributed by atoms with Gasteiger partial charge in [-0.1, -0.05) is 24.3 Å². The standard InChI is InChI=1S/C14H23N3/c1-15-11-13-3-5-14(6-4-13)12-17-9-7-16(2)8-10-17/h3-6,15H,7-12H2,1-2H3/p+3. The number of rotatable bonds is 4. The van der Waals surface area contributed by atoms with Crippen molar-refractivity contribution in [3.8, 4) is 0 Å². The summed E-state index contributed by atoms with van der Waals surface area (Å²) in [6.45, 7) is 7.55. The molecule has 2 rings (SSSR count). The lowest BCUT2D eigenvalue weighted by Crippen LogP contribution is -3.26. The van der Waals surface area contributed by atoms with Crippen LogP contribution in [-0.4, -0.2) is 40.3 Å². The second-order valence-corrected chi connectivity index (χ2v) is 5.31. The van der Waals surface area contributed by atoms with Gasteiger partial charge in [0, 0.05) is 11.1 Å². The molecule has 0 radical (unpaired) electrons. The molecule has 3 nitrogen and oxygen atoms in total. The molecule has 1 aromatic rings. The van der Waals surface area contributed by atoms with Gasteiger partial charge in [-0.25, -0.2) is 0 Å². The van der Waals surface area contributed by atoms with E-state index < -0.39 is 0 Å². The second-order valence-electron chi connectivity index (χ2n) is 5.31. The highest BCUT2D eigenvalue weighted by molar-refractivity contribution is 5.21. The number of nitrogens with two attached hydrogens (primary N) is 1. The summed E-state index contributed by atoms with van der Waals surface area (Å²) >= 11 is 0. The predicted octanol–water partition coefficient (Wildman–Crippen LogP) is -2.71. The average Bonchev–Trinajstić information content (AvgIpc) is 2.35. The van der Waals surface area contributed by atoms with Gasteiger partial charge < -0.3 is 15.1 Å². The third-order valence-electron chi connectivity index (χ3n) is 3.73. The Hall–Kier alpha value is -0.900. The number of nitrogens with one attached hydrogen (secondary N) is 2. The van der Waals surface area contributed by atoms with Crippen molar-refractivity contribution in [3.05, 3.63) is 35.4 Å². The molecule has 4 N–H and O–H groups in total. The minimum absolute atomic E-state index is 1.09. The van der Waals surface area contributed by atoms with Crippen LogP contribution in [0.25, 0.3) is 0 Å². The highest BCUT2D eigenvalue weighted by atomic mass is 15.2. The van der Waals surface area contributed by atoms with E-state index in [2.05, 4.69) is 43.7 Å². The molecule has 1 saturated heterocycles. The van der Waals surface area contributed by atoms with Gasteiger partial charge in [0.1, 0.15) is 39.3 Å². The first-order chi connectivity index (χ1) is 8.28. The zero-order valence-electron chi connectivity index (χ0n) is 11.1. The molecule has 0 atom stereocenters. The minimum atomic E-state index is 1.09. The van der Waals surface area contributed by atoms with E-state index in [4.69, 9.17) is 0 Å². The molecule has 1 aliphatic heterocycles. The maximum absolute atomic E-state index is 2.30. The highest BCUT2D eigenvalue weighted by Gasteiger charge is 2.19. The first kappa shape index (κ1) is 12.6. The molecule has 3 heteroatoms. The van der Waals surface area contributed by atoms with E-state index in [-0.39, 0.29) is 0 Å². The van der Waals surface area contributed by atoms with Gasteiger partial charge in [0.25, 0.3) is 0 Å². The Labute approximate surface area is 104 Å². The molecule has 0 bridgehead atoms. The van der Waals surface area contributed by atoms with Crippen LogP contribution in [0.15, 0.2) is 24.3 Å². The summed E-state index contributed by atoms with van der Waals surface area (Å²) in [4.78, 5) is 3.42. The first-order valence-corrected chi connectivity index (χ1v) is 6.78. The zero-order chi connectivity index (χ0) is 12.1. The lowest BCUT2D eigenvalue weighted by atomic mass is 10.1. The van der Waals surface area contributed by atoms with Crippen LogP contribution in [0.1, 0.15) is 11.1 Å². The molecule has 17 heavy (non-hydrogen) atoms. The molecule has 0 aliphatic carbocycles. The number of hydrogen-bond donors (Lipinski definition) is 3. The second kappa shape index (κ2) is 6.15. The van der Waals surface area contributed by atoms with Crippen molar-refractivity contribution in [2.24, 2.45) is 0 Å². The van der Waals surface area contributed by atoms with Gasteiger partial charge in [-0.3, -0.25) is 0 Å². The summed E-state index contributed by atoms with van der Waals surface area (Å²) in [6, 6.07) is 9.15. The lowest BCUT2D eigenvalue weighted by molar-refractivity contribution is -1.01. The van der Waals surface area contributed by atoms with Crippen molar-refractivity contribution < 1.29 is 15.1 Å². The number of quaternary nitrogens is 3. The molecule has 0 saturated carbocycles. The van der Waals surface area contributed by atoms with Crippen molar-refractivity contribution in [1.82, 2.24) is 0 Å². The Morgan fingerprint density at radius 2 is 1.59 bits per heavy atom. The Bertz CT molecular complexity index is 326. The Morgan fingerprint density at radius 3 is 2.18 bits per heavy atom. The fourth-order valence-electron chi connectivity index (χ4n) is 2.52. The number of piperazine rings is 1. The molecule has 0 spiro atoms. The monoisotopic (exact) mass is 236 g/mol. The van der Waals surface area contributed by atoms with E-state index in [1.54, 1.807) is 9.80 Å². The molecule has 94 valence electrons. The van der Waals surface area contributed by atoms with Crippen LogP contribution in [-0.2, 0) is 13.1 Å². The van der Waals surface area contributed by atoms with E-state index >= 15 is 0 Å². The van der Waals surface area contributed by atoms with Crippen molar-refractivity contribution in [3.63, 3.8) is 0 Å². The first-order valence-electron chi connectivity index (χ1n) is 6.78. The SMILES string of the molecule is C[NH2+]Cc1ccc(C[NH+]2CC[NH+](C)CC2)cc1. The van der Waals surface area contributed by atoms with Crippen LogP contribution >= 0.6 is 0 Å². The largest absolute Gasteiger partial charge is 0.345 e. The summed E-state index contributed by atoms with van der Waals surface area (Å²) in [7, 11) is 4.41. The van der Waals surface area contributed by atoms with Crippen molar-refractivity contribution >= 4 is 0 Å². The van der Waals surface area contributed by atoms with Gasteiger partial charge in [0.15, 0.2) is 0 Å². The van der Waals surface area contributed by atoms with E-state index in [9.17, 15) is 0 Å². The Morgan fingerprint density at radius 1 is 1.00 bits per heavy atom. The van der Waals surface area contributed by atoms with Crippen LogP contribution in [0.3, 0.4) is 0 Å². The number of hydrogen-bond acceptors (Lipinski definition) is 0. The molecular formula is C14H26N3+3. The summed E-state index contributed by atoms with van der Waals surface area (Å²) in [6.07, 6.45) is 0. The Kier molecular flexibility index (Phi) is 4.54. The molecule has 1 heterocycles. The van der Waals surface area contributed by atoms with E-state index in [1.807, 2.05) is 0 Å². The van der Waals surface area contributed by atoms with Crippen molar-refractivity contribution in [2.75, 3.05) is 40.3 Å². The van der Waals surface area contributed by atoms with Gasteiger partial charge >= 0.3 is 0 Å². The average molecular weight is 236 g/mol. The van der Waals surface area contributed by atoms with E-state index in [1.165, 1.54) is 43.9 Å². The lowest BCUT2D eigenvalue weighted by Gasteiger charge is -2.27. The van der Waals surface area contributed by atoms with E-state index in [0.717, 1.165) is 6.54 Å². The van der Waals surface area contributed by atoms with Crippen molar-refractivity contribution in [1.29, 1.82) is 0 Å². The highest BCUT2D eigenvalue weighted by Crippen LogP contribution is 2.01. The fraction of sp³-hybridized carbons (Fsp3) is 0.571. The third kappa shape index (κ3) is 3.80. The quantitative estimate of drug-likeness (QED) is 0.507. The fourth-order valence-corrected chi connectivity index (χ4v) is 2.52. The molecule has 0 unspecified atom stereocenters. The van der Waals surface area contributed by atoms with Crippen LogP contribution in [0, 0.1) is 0 Å². The number of likely N-dealkylation sites (N-methyl/N-ethyl adjacent to an activating group) is 1. The maximum atomic E-state index is 2.30. The van der Waals surface area contributed by atoms with Gasteiger partial charge in [0.05, 0.1) is 14.1 Å². The molecule has 1 aliphatic rings. The zero-order valence-corrected chi connectivity index (χ0v) is 11.1. The van der Waals surface area contributed by atoms with E-state index in [0.29, 0.717) is 0 Å². The maximum Gasteiger partial charge on any atom is 0.127 e. The molecule has 0 aromatic heterocycles. The third-order valence-corrected chi connectivity index (χ3v) is 3.73. The molecule has 0 amide bonds. The minimum Gasteiger partial charge on any atom is -0.345 e. The van der Waals surface area contributed by atoms with Crippen molar-refractivity contribution in [2.45, 2.75) is 13.1 Å². The summed E-state index contributed by atoms with van der Waals surface area (Å²) < 4.78 is 0.